The maximum atomic E-state index is 12.8. The van der Waals surface area contributed by atoms with E-state index in [0.29, 0.717) is 5.69 Å². The van der Waals surface area contributed by atoms with E-state index in [1.54, 1.807) is 16.3 Å². The second-order valence-electron chi connectivity index (χ2n) is 6.84. The summed E-state index contributed by atoms with van der Waals surface area (Å²) in [5.74, 6) is -0.392. The highest BCUT2D eigenvalue weighted by Crippen LogP contribution is 2.16. The largest absolute Gasteiger partial charge is 0.458 e. The van der Waals surface area contributed by atoms with Gasteiger partial charge in [-0.15, -0.1) is 0 Å². The predicted molar refractivity (Wildman–Crippen MR) is 94.7 cm³/mol. The second kappa shape index (κ2) is 6.55. The molecule has 0 saturated carbocycles. The van der Waals surface area contributed by atoms with Crippen molar-refractivity contribution in [3.05, 3.63) is 46.4 Å². The third-order valence-corrected chi connectivity index (χ3v) is 3.68. The van der Waals surface area contributed by atoms with Crippen LogP contribution in [0.25, 0.3) is 5.69 Å². The zero-order valence-electron chi connectivity index (χ0n) is 15.1. The molecule has 0 bridgehead atoms. The van der Waals surface area contributed by atoms with Crippen LogP contribution < -0.4 is 10.9 Å². The minimum atomic E-state index is -0.623. The molecular weight excluding hydrogens is 306 g/mol. The molecule has 24 heavy (non-hydrogen) atoms. The Morgan fingerprint density at radius 3 is 2.33 bits per heavy atom. The molecule has 0 aliphatic heterocycles. The van der Waals surface area contributed by atoms with E-state index >= 15 is 0 Å². The number of carbonyl (C=O) groups is 1. The van der Waals surface area contributed by atoms with Crippen LogP contribution in [0.1, 0.15) is 33.4 Å². The van der Waals surface area contributed by atoms with Gasteiger partial charge < -0.3 is 10.1 Å². The van der Waals surface area contributed by atoms with Crippen LogP contribution in [-0.2, 0) is 16.6 Å². The van der Waals surface area contributed by atoms with Crippen LogP contribution in [0.5, 0.6) is 0 Å². The van der Waals surface area contributed by atoms with E-state index in [9.17, 15) is 9.59 Å². The number of ether oxygens (including phenoxy) is 1. The summed E-state index contributed by atoms with van der Waals surface area (Å²) in [4.78, 5) is 24.9. The van der Waals surface area contributed by atoms with Crippen molar-refractivity contribution in [1.82, 2.24) is 9.36 Å². The zero-order valence-corrected chi connectivity index (χ0v) is 15.1. The number of esters is 1. The van der Waals surface area contributed by atoms with Crippen molar-refractivity contribution in [3.8, 4) is 5.69 Å². The monoisotopic (exact) mass is 331 g/mol. The normalized spacial score (nSPS) is 12.8. The molecule has 0 spiro atoms. The van der Waals surface area contributed by atoms with E-state index in [1.807, 2.05) is 65.1 Å². The maximum absolute atomic E-state index is 12.8. The Hall–Kier alpha value is -2.50. The quantitative estimate of drug-likeness (QED) is 0.875. The molecule has 0 unspecified atom stereocenters. The van der Waals surface area contributed by atoms with Crippen LogP contribution in [0.3, 0.4) is 0 Å². The molecule has 0 radical (unpaired) electrons. The Kier molecular flexibility index (Phi) is 4.87. The van der Waals surface area contributed by atoms with E-state index in [-0.39, 0.29) is 5.56 Å². The lowest BCUT2D eigenvalue weighted by atomic mass is 10.2. The Balaban J connectivity index is 2.33. The van der Waals surface area contributed by atoms with E-state index in [1.165, 1.54) is 0 Å². The molecule has 6 nitrogen and oxygen atoms in total. The summed E-state index contributed by atoms with van der Waals surface area (Å²) in [7, 11) is 1.81. The van der Waals surface area contributed by atoms with Crippen molar-refractivity contribution in [3.63, 3.8) is 0 Å². The molecule has 1 N–H and O–H groups in total. The number of nitrogens with one attached hydrogen (secondary N) is 1. The molecule has 0 saturated heterocycles. The predicted octanol–water partition coefficient (Wildman–Crippen LogP) is 2.63. The molecular formula is C18H25N3O3. The third-order valence-electron chi connectivity index (χ3n) is 3.68. The first-order valence-electron chi connectivity index (χ1n) is 7.95. The summed E-state index contributed by atoms with van der Waals surface area (Å²) < 4.78 is 8.69. The van der Waals surface area contributed by atoms with Gasteiger partial charge in [0, 0.05) is 7.05 Å². The molecule has 6 heteroatoms. The minimum absolute atomic E-state index is 0.198. The van der Waals surface area contributed by atoms with Gasteiger partial charge in [-0.05, 0) is 46.8 Å². The molecule has 1 heterocycles. The van der Waals surface area contributed by atoms with E-state index in [0.717, 1.165) is 11.4 Å². The van der Waals surface area contributed by atoms with Gasteiger partial charge >= 0.3 is 5.97 Å². The molecule has 2 rings (SSSR count). The summed E-state index contributed by atoms with van der Waals surface area (Å²) in [5, 5.41) is 3.00. The van der Waals surface area contributed by atoms with Gasteiger partial charge in [0.15, 0.2) is 0 Å². The molecule has 0 aliphatic carbocycles. The lowest BCUT2D eigenvalue weighted by molar-refractivity contribution is -0.155. The van der Waals surface area contributed by atoms with Gasteiger partial charge in [0.2, 0.25) is 0 Å². The van der Waals surface area contributed by atoms with Crippen LogP contribution in [0.15, 0.2) is 35.1 Å². The lowest BCUT2D eigenvalue weighted by Gasteiger charge is -2.22. The first kappa shape index (κ1) is 17.8. The SMILES string of the molecule is Cc1c(N[C@@H](C)C(=O)OC(C)(C)C)c(=O)n(-c2ccccc2)n1C. The van der Waals surface area contributed by atoms with Gasteiger partial charge in [-0.3, -0.25) is 9.48 Å². The average Bonchev–Trinajstić information content (AvgIpc) is 2.70. The van der Waals surface area contributed by atoms with Crippen LogP contribution in [0.4, 0.5) is 5.69 Å². The lowest BCUT2D eigenvalue weighted by Crippen LogP contribution is -2.35. The highest BCUT2D eigenvalue weighted by molar-refractivity contribution is 5.79. The minimum Gasteiger partial charge on any atom is -0.458 e. The highest BCUT2D eigenvalue weighted by Gasteiger charge is 2.24. The van der Waals surface area contributed by atoms with Crippen molar-refractivity contribution in [2.75, 3.05) is 5.32 Å². The number of hydrogen-bond acceptors (Lipinski definition) is 4. The fourth-order valence-corrected chi connectivity index (χ4v) is 2.40. The maximum Gasteiger partial charge on any atom is 0.328 e. The molecule has 1 atom stereocenters. The number of anilines is 1. The summed E-state index contributed by atoms with van der Waals surface area (Å²) in [6, 6.07) is 8.75. The molecule has 0 aliphatic rings. The van der Waals surface area contributed by atoms with E-state index in [4.69, 9.17) is 4.74 Å². The summed E-state index contributed by atoms with van der Waals surface area (Å²) in [6.45, 7) is 8.97. The van der Waals surface area contributed by atoms with Gasteiger partial charge in [-0.25, -0.2) is 9.48 Å². The number of nitrogens with zero attached hydrogens (tertiary/aromatic N) is 2. The topological polar surface area (TPSA) is 65.3 Å². The summed E-state index contributed by atoms with van der Waals surface area (Å²) in [5.41, 5.74) is 1.16. The van der Waals surface area contributed by atoms with Gasteiger partial charge in [0.05, 0.1) is 11.4 Å². The standard InChI is InChI=1S/C18H25N3O3/c1-12(17(23)24-18(3,4)5)19-15-13(2)20(6)21(16(15)22)14-10-8-7-9-11-14/h7-12,19H,1-6H3/t12-/m0/s1. The number of benzene rings is 1. The van der Waals surface area contributed by atoms with Crippen molar-refractivity contribution in [2.45, 2.75) is 46.3 Å². The first-order valence-corrected chi connectivity index (χ1v) is 7.95. The molecule has 0 fully saturated rings. The second-order valence-corrected chi connectivity index (χ2v) is 6.84. The van der Waals surface area contributed by atoms with E-state index in [2.05, 4.69) is 5.32 Å². The molecule has 1 aromatic carbocycles. The Labute approximate surface area is 142 Å². The van der Waals surface area contributed by atoms with Crippen molar-refractivity contribution >= 4 is 11.7 Å². The van der Waals surface area contributed by atoms with Crippen LogP contribution >= 0.6 is 0 Å². The van der Waals surface area contributed by atoms with Crippen molar-refractivity contribution in [2.24, 2.45) is 7.05 Å². The number of para-hydroxylation sites is 1. The van der Waals surface area contributed by atoms with Crippen molar-refractivity contribution in [1.29, 1.82) is 0 Å². The smallest absolute Gasteiger partial charge is 0.328 e. The third kappa shape index (κ3) is 3.69. The van der Waals surface area contributed by atoms with Crippen molar-refractivity contribution < 1.29 is 9.53 Å². The van der Waals surface area contributed by atoms with Crippen LogP contribution in [0.2, 0.25) is 0 Å². The Bertz CT molecular complexity index is 782. The number of carbonyl (C=O) groups excluding carboxylic acids is 1. The number of rotatable bonds is 4. The summed E-state index contributed by atoms with van der Waals surface area (Å²) in [6.07, 6.45) is 0. The fourth-order valence-electron chi connectivity index (χ4n) is 2.40. The highest BCUT2D eigenvalue weighted by atomic mass is 16.6. The van der Waals surface area contributed by atoms with Gasteiger partial charge in [0.25, 0.3) is 5.56 Å². The number of hydrogen-bond donors (Lipinski definition) is 1. The fraction of sp³-hybridized carbons (Fsp3) is 0.444. The Morgan fingerprint density at radius 1 is 1.21 bits per heavy atom. The molecule has 130 valence electrons. The summed E-state index contributed by atoms with van der Waals surface area (Å²) >= 11 is 0. The van der Waals surface area contributed by atoms with Crippen LogP contribution in [-0.4, -0.2) is 27.0 Å². The average molecular weight is 331 g/mol. The molecule has 2 aromatic rings. The zero-order chi connectivity index (χ0) is 18.1. The van der Waals surface area contributed by atoms with E-state index < -0.39 is 17.6 Å². The van der Waals surface area contributed by atoms with Gasteiger partial charge in [-0.2, -0.15) is 0 Å². The number of aromatic nitrogens is 2. The van der Waals surface area contributed by atoms with Gasteiger partial charge in [0.1, 0.15) is 17.3 Å². The van der Waals surface area contributed by atoms with Crippen LogP contribution in [0, 0.1) is 6.92 Å². The molecule has 0 amide bonds. The van der Waals surface area contributed by atoms with Gasteiger partial charge in [-0.1, -0.05) is 18.2 Å². The molecule has 1 aromatic heterocycles. The first-order chi connectivity index (χ1) is 11.1. The Morgan fingerprint density at radius 2 is 1.79 bits per heavy atom.